The van der Waals surface area contributed by atoms with Crippen molar-refractivity contribution < 1.29 is 22.8 Å². The SMILES string of the molecule is O=C(NCCCNC(=O)c1cccc(F)c1)NCC1CCN(c2ccc(F)c(F)c2)C1. The van der Waals surface area contributed by atoms with E-state index in [9.17, 15) is 22.8 Å². The van der Waals surface area contributed by atoms with Crippen molar-refractivity contribution in [3.05, 3.63) is 65.5 Å². The van der Waals surface area contributed by atoms with Crippen molar-refractivity contribution in [2.24, 2.45) is 5.92 Å². The van der Waals surface area contributed by atoms with Gasteiger partial charge in [0.05, 0.1) is 0 Å². The highest BCUT2D eigenvalue weighted by Crippen LogP contribution is 2.24. The van der Waals surface area contributed by atoms with Gasteiger partial charge >= 0.3 is 6.03 Å². The highest BCUT2D eigenvalue weighted by atomic mass is 19.2. The molecule has 0 spiro atoms. The molecule has 1 fully saturated rings. The van der Waals surface area contributed by atoms with Gasteiger partial charge in [0.2, 0.25) is 0 Å². The highest BCUT2D eigenvalue weighted by Gasteiger charge is 2.23. The summed E-state index contributed by atoms with van der Waals surface area (Å²) in [4.78, 5) is 25.8. The number of urea groups is 1. The lowest BCUT2D eigenvalue weighted by atomic mass is 10.1. The number of rotatable bonds is 8. The zero-order chi connectivity index (χ0) is 22.2. The maximum Gasteiger partial charge on any atom is 0.314 e. The molecule has 1 atom stereocenters. The van der Waals surface area contributed by atoms with Gasteiger partial charge in [-0.25, -0.2) is 18.0 Å². The molecule has 2 aromatic rings. The lowest BCUT2D eigenvalue weighted by molar-refractivity contribution is 0.0953. The van der Waals surface area contributed by atoms with Crippen LogP contribution in [0.5, 0.6) is 0 Å². The van der Waals surface area contributed by atoms with Gasteiger partial charge < -0.3 is 20.9 Å². The van der Waals surface area contributed by atoms with E-state index in [-0.39, 0.29) is 23.4 Å². The number of amides is 3. The molecule has 3 amide bonds. The van der Waals surface area contributed by atoms with Gasteiger partial charge in [0.25, 0.3) is 5.91 Å². The topological polar surface area (TPSA) is 73.5 Å². The molecule has 3 rings (SSSR count). The molecule has 1 aliphatic heterocycles. The van der Waals surface area contributed by atoms with E-state index in [1.807, 2.05) is 4.90 Å². The fraction of sp³-hybridized carbons (Fsp3) is 0.364. The number of hydrogen-bond acceptors (Lipinski definition) is 3. The first kappa shape index (κ1) is 22.5. The van der Waals surface area contributed by atoms with Crippen LogP contribution in [0.15, 0.2) is 42.5 Å². The third kappa shape index (κ3) is 6.63. The fourth-order valence-corrected chi connectivity index (χ4v) is 3.44. The maximum absolute atomic E-state index is 13.4. The smallest absolute Gasteiger partial charge is 0.314 e. The van der Waals surface area contributed by atoms with E-state index in [2.05, 4.69) is 16.0 Å². The summed E-state index contributed by atoms with van der Waals surface area (Å²) in [6.45, 7) is 2.56. The lowest BCUT2D eigenvalue weighted by Gasteiger charge is -2.19. The molecule has 6 nitrogen and oxygen atoms in total. The Morgan fingerprint density at radius 1 is 0.968 bits per heavy atom. The molecule has 31 heavy (non-hydrogen) atoms. The molecule has 1 unspecified atom stereocenters. The molecule has 0 aliphatic carbocycles. The van der Waals surface area contributed by atoms with E-state index < -0.39 is 17.5 Å². The van der Waals surface area contributed by atoms with Crippen LogP contribution in [0.4, 0.5) is 23.7 Å². The Morgan fingerprint density at radius 2 is 1.77 bits per heavy atom. The van der Waals surface area contributed by atoms with Crippen molar-refractivity contribution in [2.75, 3.05) is 37.6 Å². The first-order valence-corrected chi connectivity index (χ1v) is 10.2. The summed E-state index contributed by atoms with van der Waals surface area (Å²) in [5, 5.41) is 8.20. The summed E-state index contributed by atoms with van der Waals surface area (Å²) < 4.78 is 39.6. The third-order valence-corrected chi connectivity index (χ3v) is 5.12. The number of carbonyl (C=O) groups is 2. The molecule has 0 saturated carbocycles. The maximum atomic E-state index is 13.4. The van der Waals surface area contributed by atoms with E-state index >= 15 is 0 Å². The summed E-state index contributed by atoms with van der Waals surface area (Å²) >= 11 is 0. The monoisotopic (exact) mass is 434 g/mol. The average Bonchev–Trinajstić information content (AvgIpc) is 3.23. The molecule has 0 radical (unpaired) electrons. The lowest BCUT2D eigenvalue weighted by Crippen LogP contribution is -2.40. The van der Waals surface area contributed by atoms with Crippen molar-refractivity contribution in [1.29, 1.82) is 0 Å². The molecule has 3 N–H and O–H groups in total. The Kier molecular flexibility index (Phi) is 7.75. The van der Waals surface area contributed by atoms with Crippen LogP contribution in [0.25, 0.3) is 0 Å². The van der Waals surface area contributed by atoms with Crippen LogP contribution in [-0.2, 0) is 0 Å². The van der Waals surface area contributed by atoms with Gasteiger partial charge in [-0.15, -0.1) is 0 Å². The molecule has 0 aromatic heterocycles. The van der Waals surface area contributed by atoms with Crippen molar-refractivity contribution in [2.45, 2.75) is 12.8 Å². The second-order valence-corrected chi connectivity index (χ2v) is 7.46. The van der Waals surface area contributed by atoms with Gasteiger partial charge in [-0.1, -0.05) is 6.07 Å². The number of anilines is 1. The van der Waals surface area contributed by atoms with E-state index in [0.717, 1.165) is 18.6 Å². The molecule has 2 aromatic carbocycles. The van der Waals surface area contributed by atoms with Crippen molar-refractivity contribution in [3.8, 4) is 0 Å². The largest absolute Gasteiger partial charge is 0.371 e. The molecule has 1 aliphatic rings. The number of hydrogen-bond donors (Lipinski definition) is 3. The van der Waals surface area contributed by atoms with Gasteiger partial charge in [-0.2, -0.15) is 0 Å². The molecule has 166 valence electrons. The quantitative estimate of drug-likeness (QED) is 0.559. The predicted octanol–water partition coefficient (Wildman–Crippen LogP) is 3.05. The van der Waals surface area contributed by atoms with Crippen molar-refractivity contribution in [1.82, 2.24) is 16.0 Å². The minimum absolute atomic E-state index is 0.212. The van der Waals surface area contributed by atoms with Crippen LogP contribution < -0.4 is 20.9 Å². The zero-order valence-corrected chi connectivity index (χ0v) is 17.0. The van der Waals surface area contributed by atoms with Gasteiger partial charge in [0, 0.05) is 50.0 Å². The van der Waals surface area contributed by atoms with Crippen LogP contribution >= 0.6 is 0 Å². The Morgan fingerprint density at radius 3 is 2.55 bits per heavy atom. The Hall–Kier alpha value is -3.23. The summed E-state index contributed by atoms with van der Waals surface area (Å²) in [6.07, 6.45) is 1.37. The van der Waals surface area contributed by atoms with E-state index in [1.165, 1.54) is 24.3 Å². The van der Waals surface area contributed by atoms with E-state index in [0.29, 0.717) is 44.8 Å². The first-order chi connectivity index (χ1) is 14.9. The van der Waals surface area contributed by atoms with Gasteiger partial charge in [-0.05, 0) is 49.1 Å². The van der Waals surface area contributed by atoms with E-state index in [4.69, 9.17) is 0 Å². The molecule has 9 heteroatoms. The number of nitrogens with one attached hydrogen (secondary N) is 3. The Bertz CT molecular complexity index is 925. The Balaban J connectivity index is 1.28. The summed E-state index contributed by atoms with van der Waals surface area (Å²) in [5.74, 6) is -2.36. The van der Waals surface area contributed by atoms with Gasteiger partial charge in [0.1, 0.15) is 5.82 Å². The summed E-state index contributed by atoms with van der Waals surface area (Å²) in [5.41, 5.74) is 0.880. The minimum Gasteiger partial charge on any atom is -0.371 e. The molecule has 1 saturated heterocycles. The van der Waals surface area contributed by atoms with E-state index in [1.54, 1.807) is 6.07 Å². The second kappa shape index (κ2) is 10.7. The summed E-state index contributed by atoms with van der Waals surface area (Å²) in [7, 11) is 0. The van der Waals surface area contributed by atoms with Crippen molar-refractivity contribution >= 4 is 17.6 Å². The first-order valence-electron chi connectivity index (χ1n) is 10.2. The average molecular weight is 434 g/mol. The Labute approximate surface area is 178 Å². The van der Waals surface area contributed by atoms with Gasteiger partial charge in [-0.3, -0.25) is 4.79 Å². The molecular formula is C22H25F3N4O2. The third-order valence-electron chi connectivity index (χ3n) is 5.12. The molecule has 1 heterocycles. The standard InChI is InChI=1S/C22H25F3N4O2/c23-17-4-1-3-16(11-17)21(30)26-8-2-9-27-22(31)28-13-15-7-10-29(14-15)18-5-6-19(24)20(25)12-18/h1,3-6,11-12,15H,2,7-10,13-14H2,(H,26,30)(H2,27,28,31). The van der Waals surface area contributed by atoms with Crippen LogP contribution in [-0.4, -0.2) is 44.7 Å². The summed E-state index contributed by atoms with van der Waals surface area (Å²) in [6, 6.07) is 8.98. The number of benzene rings is 2. The van der Waals surface area contributed by atoms with Crippen molar-refractivity contribution in [3.63, 3.8) is 0 Å². The van der Waals surface area contributed by atoms with Crippen LogP contribution in [0.3, 0.4) is 0 Å². The number of nitrogens with zero attached hydrogens (tertiary/aromatic N) is 1. The normalized spacial score (nSPS) is 15.6. The fourth-order valence-electron chi connectivity index (χ4n) is 3.44. The second-order valence-electron chi connectivity index (χ2n) is 7.46. The van der Waals surface area contributed by atoms with Gasteiger partial charge in [0.15, 0.2) is 11.6 Å². The number of halogens is 3. The minimum atomic E-state index is -0.870. The zero-order valence-electron chi connectivity index (χ0n) is 17.0. The van der Waals surface area contributed by atoms with Crippen LogP contribution in [0.2, 0.25) is 0 Å². The molecular weight excluding hydrogens is 409 g/mol. The van der Waals surface area contributed by atoms with Crippen LogP contribution in [0.1, 0.15) is 23.2 Å². The predicted molar refractivity (Wildman–Crippen MR) is 111 cm³/mol. The molecule has 0 bridgehead atoms. The number of carbonyl (C=O) groups excluding carboxylic acids is 2. The highest BCUT2D eigenvalue weighted by molar-refractivity contribution is 5.94. The van der Waals surface area contributed by atoms with Crippen LogP contribution in [0, 0.1) is 23.4 Å².